The third-order valence-corrected chi connectivity index (χ3v) is 0.856. The molecule has 1 aliphatic heterocycles. The molecule has 0 aromatic heterocycles. The number of amides is 1. The monoisotopic (exact) mass is 143 g/mol. The summed E-state index contributed by atoms with van der Waals surface area (Å²) in [5.74, 6) is -0.167. The van der Waals surface area contributed by atoms with Crippen LogP contribution in [0.5, 0.6) is 0 Å². The molecule has 0 aromatic carbocycles. The van der Waals surface area contributed by atoms with E-state index < -0.39 is 0 Å². The van der Waals surface area contributed by atoms with Crippen molar-refractivity contribution in [3.8, 4) is 0 Å². The van der Waals surface area contributed by atoms with Crippen LogP contribution in [0.2, 0.25) is 0 Å². The van der Waals surface area contributed by atoms with Gasteiger partial charge in [0, 0.05) is 14.0 Å². The summed E-state index contributed by atoms with van der Waals surface area (Å²) in [6.45, 7) is 1.41. The average molecular weight is 143 g/mol. The molecule has 1 heterocycles. The van der Waals surface area contributed by atoms with Crippen LogP contribution < -0.4 is 11.0 Å². The number of carbonyl (C=O) groups excluding carboxylic acids is 1. The molecule has 6 nitrogen and oxygen atoms in total. The largest absolute Gasteiger partial charge is 0.279 e. The van der Waals surface area contributed by atoms with E-state index in [1.54, 1.807) is 12.1 Å². The van der Waals surface area contributed by atoms with Crippen LogP contribution >= 0.6 is 0 Å². The fraction of sp³-hybridized carbons (Fsp3) is 0.500. The minimum absolute atomic E-state index is 0.167. The van der Waals surface area contributed by atoms with Gasteiger partial charge in [0.1, 0.15) is 6.34 Å². The van der Waals surface area contributed by atoms with Gasteiger partial charge in [-0.2, -0.15) is 0 Å². The highest BCUT2D eigenvalue weighted by Gasteiger charge is 2.08. The van der Waals surface area contributed by atoms with Crippen molar-refractivity contribution in [2.75, 3.05) is 7.05 Å². The maximum atomic E-state index is 10.4. The minimum atomic E-state index is -0.167. The molecule has 0 saturated heterocycles. The second kappa shape index (κ2) is 2.53. The van der Waals surface area contributed by atoms with Gasteiger partial charge in [-0.05, 0) is 0 Å². The highest BCUT2D eigenvalue weighted by molar-refractivity contribution is 5.72. The Balaban J connectivity index is 2.33. The zero-order valence-electron chi connectivity index (χ0n) is 5.83. The maximum absolute atomic E-state index is 10.4. The lowest BCUT2D eigenvalue weighted by molar-refractivity contribution is -0.126. The fourth-order valence-corrected chi connectivity index (χ4v) is 0.533. The second-order valence-electron chi connectivity index (χ2n) is 1.92. The van der Waals surface area contributed by atoms with E-state index in [0.717, 1.165) is 0 Å². The lowest BCUT2D eigenvalue weighted by Gasteiger charge is -2.15. The summed E-state index contributed by atoms with van der Waals surface area (Å²) in [4.78, 5) is 10.4. The van der Waals surface area contributed by atoms with Crippen molar-refractivity contribution in [3.05, 3.63) is 0 Å². The normalized spacial score (nSPS) is 16.2. The number of hydrogen-bond acceptors (Lipinski definition) is 5. The molecular formula is C4H9N5O. The van der Waals surface area contributed by atoms with Crippen molar-refractivity contribution in [1.29, 1.82) is 0 Å². The first-order chi connectivity index (χ1) is 4.68. The molecule has 1 amide bonds. The van der Waals surface area contributed by atoms with Crippen LogP contribution in [0.3, 0.4) is 0 Å². The topological polar surface area (TPSA) is 60.0 Å². The number of nitrogens with one attached hydrogen (secondary N) is 2. The van der Waals surface area contributed by atoms with Crippen molar-refractivity contribution in [2.45, 2.75) is 6.92 Å². The zero-order valence-corrected chi connectivity index (χ0v) is 5.83. The van der Waals surface area contributed by atoms with E-state index in [9.17, 15) is 4.79 Å². The van der Waals surface area contributed by atoms with Crippen LogP contribution in [0.4, 0.5) is 0 Å². The van der Waals surface area contributed by atoms with E-state index >= 15 is 0 Å². The van der Waals surface area contributed by atoms with E-state index in [0.29, 0.717) is 0 Å². The number of hydrazine groups is 3. The smallest absolute Gasteiger partial charge is 0.237 e. The average Bonchev–Trinajstić information content (AvgIpc) is 2.13. The van der Waals surface area contributed by atoms with E-state index in [1.807, 2.05) is 0 Å². The predicted octanol–water partition coefficient (Wildman–Crippen LogP) is -1.35. The van der Waals surface area contributed by atoms with Crippen molar-refractivity contribution in [3.63, 3.8) is 0 Å². The van der Waals surface area contributed by atoms with Crippen molar-refractivity contribution >= 4 is 12.2 Å². The minimum Gasteiger partial charge on any atom is -0.279 e. The van der Waals surface area contributed by atoms with E-state index in [2.05, 4.69) is 16.1 Å². The molecule has 0 radical (unpaired) electrons. The highest BCUT2D eigenvalue weighted by Crippen LogP contribution is 1.86. The Hall–Kier alpha value is -1.30. The molecule has 0 aliphatic carbocycles. The lowest BCUT2D eigenvalue weighted by atomic mass is 10.8. The molecule has 0 aromatic rings. The standard InChI is InChI=1S/C4H9N5O/c1-4(10)6-9-5-3-8(2)7-9/h3,7H,1-2H3,(H,6,10). The molecule has 0 spiro atoms. The number of hydrogen-bond donors (Lipinski definition) is 2. The summed E-state index contributed by atoms with van der Waals surface area (Å²) in [5, 5.41) is 6.58. The van der Waals surface area contributed by atoms with Crippen molar-refractivity contribution in [2.24, 2.45) is 5.10 Å². The van der Waals surface area contributed by atoms with Gasteiger partial charge < -0.3 is 0 Å². The van der Waals surface area contributed by atoms with Gasteiger partial charge in [-0.25, -0.2) is 5.43 Å². The van der Waals surface area contributed by atoms with Gasteiger partial charge in [0.05, 0.1) is 0 Å². The molecule has 0 atom stereocenters. The number of rotatable bonds is 1. The number of carbonyl (C=O) groups is 1. The Labute approximate surface area is 58.4 Å². The SMILES string of the molecule is CC(=O)NN1N=CN(C)N1. The van der Waals surface area contributed by atoms with Gasteiger partial charge in [-0.15, -0.1) is 15.9 Å². The van der Waals surface area contributed by atoms with Gasteiger partial charge in [-0.3, -0.25) is 9.80 Å². The molecule has 1 aliphatic rings. The molecule has 0 saturated carbocycles. The van der Waals surface area contributed by atoms with Gasteiger partial charge in [0.2, 0.25) is 5.91 Å². The van der Waals surface area contributed by atoms with Crippen molar-refractivity contribution < 1.29 is 4.79 Å². The van der Waals surface area contributed by atoms with Crippen LogP contribution in [-0.4, -0.2) is 29.5 Å². The Morgan fingerprint density at radius 3 is 2.90 bits per heavy atom. The van der Waals surface area contributed by atoms with Gasteiger partial charge in [0.15, 0.2) is 0 Å². The first-order valence-corrected chi connectivity index (χ1v) is 2.79. The third-order valence-electron chi connectivity index (χ3n) is 0.856. The van der Waals surface area contributed by atoms with Crippen LogP contribution in [0.15, 0.2) is 5.10 Å². The molecule has 0 unspecified atom stereocenters. The summed E-state index contributed by atoms with van der Waals surface area (Å²) in [6.07, 6.45) is 1.54. The number of nitrogens with zero attached hydrogens (tertiary/aromatic N) is 3. The second-order valence-corrected chi connectivity index (χ2v) is 1.92. The van der Waals surface area contributed by atoms with Crippen LogP contribution in [-0.2, 0) is 4.79 Å². The van der Waals surface area contributed by atoms with Gasteiger partial charge in [-0.1, -0.05) is 0 Å². The Kier molecular flexibility index (Phi) is 1.72. The van der Waals surface area contributed by atoms with E-state index in [1.165, 1.54) is 18.5 Å². The first kappa shape index (κ1) is 6.81. The fourth-order valence-electron chi connectivity index (χ4n) is 0.533. The van der Waals surface area contributed by atoms with E-state index in [4.69, 9.17) is 0 Å². The Morgan fingerprint density at radius 1 is 1.80 bits per heavy atom. The van der Waals surface area contributed by atoms with Crippen LogP contribution in [0.25, 0.3) is 0 Å². The van der Waals surface area contributed by atoms with Crippen molar-refractivity contribution in [1.82, 2.24) is 21.2 Å². The maximum Gasteiger partial charge on any atom is 0.237 e. The number of hydrazone groups is 1. The van der Waals surface area contributed by atoms with E-state index in [-0.39, 0.29) is 5.91 Å². The molecule has 10 heavy (non-hydrogen) atoms. The third kappa shape index (κ3) is 1.59. The molecule has 2 N–H and O–H groups in total. The predicted molar refractivity (Wildman–Crippen MR) is 35.0 cm³/mol. The zero-order chi connectivity index (χ0) is 7.56. The van der Waals surface area contributed by atoms with Crippen LogP contribution in [0, 0.1) is 0 Å². The highest BCUT2D eigenvalue weighted by atomic mass is 16.2. The molecule has 56 valence electrons. The Bertz CT molecular complexity index is 167. The summed E-state index contributed by atoms with van der Waals surface area (Å²) >= 11 is 0. The van der Waals surface area contributed by atoms with Gasteiger partial charge >= 0.3 is 0 Å². The summed E-state index contributed by atoms with van der Waals surface area (Å²) < 4.78 is 0. The summed E-state index contributed by atoms with van der Waals surface area (Å²) in [5.41, 5.74) is 5.11. The van der Waals surface area contributed by atoms with Gasteiger partial charge in [0.25, 0.3) is 0 Å². The Morgan fingerprint density at radius 2 is 2.50 bits per heavy atom. The molecule has 6 heteroatoms. The lowest BCUT2D eigenvalue weighted by Crippen LogP contribution is -2.47. The molecular weight excluding hydrogens is 134 g/mol. The summed E-state index contributed by atoms with van der Waals surface area (Å²) in [6, 6.07) is 0. The summed E-state index contributed by atoms with van der Waals surface area (Å²) in [7, 11) is 1.77. The molecule has 1 rings (SSSR count). The molecule has 0 bridgehead atoms. The van der Waals surface area contributed by atoms with Crippen LogP contribution in [0.1, 0.15) is 6.92 Å². The quantitative estimate of drug-likeness (QED) is 0.476. The first-order valence-electron chi connectivity index (χ1n) is 2.79. The molecule has 0 fully saturated rings.